The fourth-order valence-electron chi connectivity index (χ4n) is 1.22. The Morgan fingerprint density at radius 1 is 1.83 bits per heavy atom. The molecule has 1 saturated heterocycles. The van der Waals surface area contributed by atoms with Gasteiger partial charge in [-0.2, -0.15) is 0 Å². The summed E-state index contributed by atoms with van der Waals surface area (Å²) in [5.74, 6) is 0.0729. The molecule has 0 radical (unpaired) electrons. The summed E-state index contributed by atoms with van der Waals surface area (Å²) in [6, 6.07) is 0.389. The number of carbonyl (C=O) groups excluding carboxylic acids is 1. The Morgan fingerprint density at radius 2 is 2.67 bits per heavy atom. The first-order chi connectivity index (χ1) is 5.79. The molecular weight excluding hydrogens is 174 g/mol. The maximum Gasteiger partial charge on any atom is 0.267 e. The van der Waals surface area contributed by atoms with Crippen LogP contribution in [0.3, 0.4) is 0 Å². The standard InChI is InChI=1S/C7H9N3OS/c1-5-2-3-10(5)7(11)6-4-8-9-12-6/h4-5H,2-3H2,1H3. The van der Waals surface area contributed by atoms with Crippen LogP contribution in [0.25, 0.3) is 0 Å². The molecule has 2 rings (SSSR count). The number of aromatic nitrogens is 2. The maximum atomic E-state index is 11.6. The lowest BCUT2D eigenvalue weighted by molar-refractivity contribution is 0.0507. The zero-order chi connectivity index (χ0) is 8.55. The van der Waals surface area contributed by atoms with Gasteiger partial charge in [0.2, 0.25) is 0 Å². The quantitative estimate of drug-likeness (QED) is 0.646. The lowest BCUT2D eigenvalue weighted by atomic mass is 10.1. The number of nitrogens with zero attached hydrogens (tertiary/aromatic N) is 3. The Kier molecular flexibility index (Phi) is 1.80. The van der Waals surface area contributed by atoms with Gasteiger partial charge in [0.15, 0.2) is 0 Å². The Hall–Kier alpha value is -0.970. The van der Waals surface area contributed by atoms with Gasteiger partial charge in [-0.05, 0) is 24.9 Å². The maximum absolute atomic E-state index is 11.6. The molecular formula is C7H9N3OS. The van der Waals surface area contributed by atoms with Crippen molar-refractivity contribution in [3.8, 4) is 0 Å². The van der Waals surface area contributed by atoms with Gasteiger partial charge in [-0.3, -0.25) is 4.79 Å². The highest BCUT2D eigenvalue weighted by molar-refractivity contribution is 7.07. The zero-order valence-electron chi connectivity index (χ0n) is 6.73. The SMILES string of the molecule is CC1CCN1C(=O)c1cnns1. The molecule has 1 unspecified atom stereocenters. The van der Waals surface area contributed by atoms with Crippen LogP contribution >= 0.6 is 11.5 Å². The van der Waals surface area contributed by atoms with Crippen molar-refractivity contribution in [2.24, 2.45) is 0 Å². The Balaban J connectivity index is 2.11. The van der Waals surface area contributed by atoms with E-state index in [1.54, 1.807) is 0 Å². The van der Waals surface area contributed by atoms with Crippen LogP contribution in [0.4, 0.5) is 0 Å². The van der Waals surface area contributed by atoms with E-state index in [2.05, 4.69) is 16.5 Å². The number of likely N-dealkylation sites (tertiary alicyclic amines) is 1. The van der Waals surface area contributed by atoms with Crippen molar-refractivity contribution in [1.82, 2.24) is 14.5 Å². The van der Waals surface area contributed by atoms with Gasteiger partial charge in [0, 0.05) is 12.6 Å². The van der Waals surface area contributed by atoms with Gasteiger partial charge < -0.3 is 4.90 Å². The van der Waals surface area contributed by atoms with Crippen molar-refractivity contribution < 1.29 is 4.79 Å². The molecule has 12 heavy (non-hydrogen) atoms. The van der Waals surface area contributed by atoms with Crippen molar-refractivity contribution >= 4 is 17.4 Å². The molecule has 1 aliphatic heterocycles. The van der Waals surface area contributed by atoms with Crippen LogP contribution in [0.2, 0.25) is 0 Å². The third-order valence-electron chi connectivity index (χ3n) is 2.15. The summed E-state index contributed by atoms with van der Waals surface area (Å²) in [4.78, 5) is 14.0. The van der Waals surface area contributed by atoms with E-state index in [1.807, 2.05) is 4.90 Å². The second-order valence-electron chi connectivity index (χ2n) is 2.92. The summed E-state index contributed by atoms with van der Waals surface area (Å²) < 4.78 is 3.65. The van der Waals surface area contributed by atoms with E-state index < -0.39 is 0 Å². The molecule has 2 heterocycles. The minimum Gasteiger partial charge on any atom is -0.335 e. The summed E-state index contributed by atoms with van der Waals surface area (Å²) >= 11 is 1.16. The Bertz CT molecular complexity index is 285. The predicted octanol–water partition coefficient (Wildman–Crippen LogP) is 0.773. The molecule has 1 atom stereocenters. The molecule has 1 aliphatic rings. The molecule has 0 aliphatic carbocycles. The van der Waals surface area contributed by atoms with Gasteiger partial charge >= 0.3 is 0 Å². The third-order valence-corrected chi connectivity index (χ3v) is 2.81. The van der Waals surface area contributed by atoms with Gasteiger partial charge in [-0.25, -0.2) is 0 Å². The molecule has 1 aromatic heterocycles. The highest BCUT2D eigenvalue weighted by Gasteiger charge is 2.29. The molecule has 0 saturated carbocycles. The van der Waals surface area contributed by atoms with Crippen LogP contribution in [-0.4, -0.2) is 33.0 Å². The first-order valence-corrected chi connectivity index (χ1v) is 4.64. The molecule has 0 bridgehead atoms. The van der Waals surface area contributed by atoms with Crippen molar-refractivity contribution in [2.75, 3.05) is 6.54 Å². The fourth-order valence-corrected chi connectivity index (χ4v) is 1.69. The zero-order valence-corrected chi connectivity index (χ0v) is 7.54. The second-order valence-corrected chi connectivity index (χ2v) is 3.70. The number of carbonyl (C=O) groups is 1. The third kappa shape index (κ3) is 1.10. The second kappa shape index (κ2) is 2.82. The van der Waals surface area contributed by atoms with Gasteiger partial charge in [-0.15, -0.1) is 5.10 Å². The molecule has 0 spiro atoms. The lowest BCUT2D eigenvalue weighted by Gasteiger charge is -2.38. The van der Waals surface area contributed by atoms with E-state index in [0.717, 1.165) is 24.5 Å². The highest BCUT2D eigenvalue weighted by Crippen LogP contribution is 2.20. The van der Waals surface area contributed by atoms with Crippen molar-refractivity contribution in [3.05, 3.63) is 11.1 Å². The minimum atomic E-state index is 0.0729. The van der Waals surface area contributed by atoms with Gasteiger partial charge in [0.1, 0.15) is 4.88 Å². The van der Waals surface area contributed by atoms with Gasteiger partial charge in [0.25, 0.3) is 5.91 Å². The summed E-state index contributed by atoms with van der Waals surface area (Å²) in [5, 5.41) is 3.63. The largest absolute Gasteiger partial charge is 0.335 e. The molecule has 1 amide bonds. The number of hydrogen-bond acceptors (Lipinski definition) is 4. The van der Waals surface area contributed by atoms with Crippen LogP contribution in [0.1, 0.15) is 23.0 Å². The molecule has 0 aromatic carbocycles. The van der Waals surface area contributed by atoms with Crippen molar-refractivity contribution in [1.29, 1.82) is 0 Å². The highest BCUT2D eigenvalue weighted by atomic mass is 32.1. The lowest BCUT2D eigenvalue weighted by Crippen LogP contribution is -2.49. The molecule has 5 heteroatoms. The number of hydrogen-bond donors (Lipinski definition) is 0. The van der Waals surface area contributed by atoms with Crippen LogP contribution in [0, 0.1) is 0 Å². The first kappa shape index (κ1) is 7.67. The molecule has 0 N–H and O–H groups in total. The van der Waals surface area contributed by atoms with Crippen molar-refractivity contribution in [3.63, 3.8) is 0 Å². The average Bonchev–Trinajstić information content (AvgIpc) is 2.53. The minimum absolute atomic E-state index is 0.0729. The van der Waals surface area contributed by atoms with Gasteiger partial charge in [0.05, 0.1) is 6.20 Å². The van der Waals surface area contributed by atoms with Crippen molar-refractivity contribution in [2.45, 2.75) is 19.4 Å². The topological polar surface area (TPSA) is 46.1 Å². The van der Waals surface area contributed by atoms with E-state index >= 15 is 0 Å². The smallest absolute Gasteiger partial charge is 0.267 e. The summed E-state index contributed by atoms with van der Waals surface area (Å²) in [7, 11) is 0. The molecule has 64 valence electrons. The summed E-state index contributed by atoms with van der Waals surface area (Å²) in [6.07, 6.45) is 2.63. The molecule has 1 aromatic rings. The van der Waals surface area contributed by atoms with Crippen LogP contribution in [0.15, 0.2) is 6.20 Å². The van der Waals surface area contributed by atoms with E-state index in [0.29, 0.717) is 10.9 Å². The van der Waals surface area contributed by atoms with E-state index in [9.17, 15) is 4.79 Å². The van der Waals surface area contributed by atoms with Gasteiger partial charge in [-0.1, -0.05) is 4.49 Å². The Morgan fingerprint density at radius 3 is 3.08 bits per heavy atom. The van der Waals surface area contributed by atoms with E-state index in [1.165, 1.54) is 6.20 Å². The van der Waals surface area contributed by atoms with Crippen LogP contribution < -0.4 is 0 Å². The summed E-state index contributed by atoms with van der Waals surface area (Å²) in [6.45, 7) is 2.92. The van der Waals surface area contributed by atoms with E-state index in [4.69, 9.17) is 0 Å². The average molecular weight is 183 g/mol. The van der Waals surface area contributed by atoms with Crippen LogP contribution in [-0.2, 0) is 0 Å². The molecule has 1 fully saturated rings. The number of rotatable bonds is 1. The molecule has 4 nitrogen and oxygen atoms in total. The predicted molar refractivity (Wildman–Crippen MR) is 45.0 cm³/mol. The number of amides is 1. The normalized spacial score (nSPS) is 22.1. The van der Waals surface area contributed by atoms with E-state index in [-0.39, 0.29) is 5.91 Å². The fraction of sp³-hybridized carbons (Fsp3) is 0.571. The summed E-state index contributed by atoms with van der Waals surface area (Å²) in [5.41, 5.74) is 0. The Labute approximate surface area is 74.4 Å². The monoisotopic (exact) mass is 183 g/mol. The van der Waals surface area contributed by atoms with Crippen LogP contribution in [0.5, 0.6) is 0 Å². The first-order valence-electron chi connectivity index (χ1n) is 3.87.